The SMILES string of the molecule is CC(=O)N1CCC(Nc2cc(C(=O)CC[C@H](O)CN3CCc4c(ccc(OCc5ocnc5C)c4C)C3)cc(N3CCN(C)CC3)n2)CC1. The third-order valence-electron chi connectivity index (χ3n) is 10.3. The van der Waals surface area contributed by atoms with Crippen molar-refractivity contribution in [3.8, 4) is 5.75 Å². The number of pyridine rings is 1. The predicted octanol–water partition coefficient (Wildman–Crippen LogP) is 3.82. The van der Waals surface area contributed by atoms with E-state index in [4.69, 9.17) is 14.1 Å². The molecule has 12 heteroatoms. The van der Waals surface area contributed by atoms with E-state index in [1.807, 2.05) is 30.0 Å². The monoisotopic (exact) mass is 673 g/mol. The molecule has 0 saturated carbocycles. The first-order valence-electron chi connectivity index (χ1n) is 17.7. The second-order valence-electron chi connectivity index (χ2n) is 13.9. The number of hydrogen-bond donors (Lipinski definition) is 2. The van der Waals surface area contributed by atoms with Crippen LogP contribution in [-0.2, 0) is 24.4 Å². The number of Topliss-reactive ketones (excluding diaryl/α,β-unsaturated/α-hetero) is 1. The fraction of sp³-hybridized carbons (Fsp3) is 0.568. The molecule has 3 aliphatic rings. The van der Waals surface area contributed by atoms with Gasteiger partial charge in [0.1, 0.15) is 24.0 Å². The lowest BCUT2D eigenvalue weighted by Crippen LogP contribution is -2.45. The fourth-order valence-corrected chi connectivity index (χ4v) is 7.13. The van der Waals surface area contributed by atoms with Gasteiger partial charge in [0.05, 0.1) is 11.8 Å². The van der Waals surface area contributed by atoms with E-state index in [0.717, 1.165) is 100 Å². The van der Waals surface area contributed by atoms with Gasteiger partial charge in [0, 0.05) is 83.9 Å². The minimum Gasteiger partial charge on any atom is -0.485 e. The summed E-state index contributed by atoms with van der Waals surface area (Å²) in [6, 6.07) is 8.10. The zero-order valence-electron chi connectivity index (χ0n) is 29.4. The lowest BCUT2D eigenvalue weighted by Gasteiger charge is -2.34. The normalized spacial score (nSPS) is 18.3. The van der Waals surface area contributed by atoms with Crippen molar-refractivity contribution in [2.45, 2.75) is 78.2 Å². The Kier molecular flexibility index (Phi) is 11.2. The van der Waals surface area contributed by atoms with Crippen LogP contribution in [0, 0.1) is 13.8 Å². The maximum Gasteiger partial charge on any atom is 0.219 e. The van der Waals surface area contributed by atoms with E-state index in [0.29, 0.717) is 31.0 Å². The molecule has 0 aliphatic carbocycles. The molecule has 1 amide bonds. The first kappa shape index (κ1) is 34.8. The van der Waals surface area contributed by atoms with Gasteiger partial charge in [0.15, 0.2) is 17.9 Å². The van der Waals surface area contributed by atoms with Gasteiger partial charge in [0.2, 0.25) is 5.91 Å². The van der Waals surface area contributed by atoms with Crippen LogP contribution >= 0.6 is 0 Å². The number of hydrogen-bond acceptors (Lipinski definition) is 11. The first-order chi connectivity index (χ1) is 23.6. The Bertz CT molecular complexity index is 1610. The molecule has 0 bridgehead atoms. The van der Waals surface area contributed by atoms with Gasteiger partial charge in [-0.25, -0.2) is 9.97 Å². The van der Waals surface area contributed by atoms with Crippen LogP contribution in [0.1, 0.15) is 71.1 Å². The number of aliphatic hydroxyl groups is 1. The van der Waals surface area contributed by atoms with E-state index in [-0.39, 0.29) is 24.2 Å². The van der Waals surface area contributed by atoms with Crippen molar-refractivity contribution in [2.24, 2.45) is 0 Å². The molecule has 2 saturated heterocycles. The van der Waals surface area contributed by atoms with Crippen molar-refractivity contribution in [2.75, 3.05) is 69.6 Å². The Morgan fingerprint density at radius 1 is 1.08 bits per heavy atom. The fourth-order valence-electron chi connectivity index (χ4n) is 7.13. The van der Waals surface area contributed by atoms with Crippen molar-refractivity contribution in [3.63, 3.8) is 0 Å². The number of β-amino-alcohol motifs (C(OH)–C–C–N with tert-alkyl or cyclic N) is 1. The number of carbonyl (C=O) groups is 2. The van der Waals surface area contributed by atoms with Crippen molar-refractivity contribution in [1.29, 1.82) is 0 Å². The average Bonchev–Trinajstić information content (AvgIpc) is 3.51. The van der Waals surface area contributed by atoms with Crippen LogP contribution < -0.4 is 15.0 Å². The zero-order chi connectivity index (χ0) is 34.5. The number of aliphatic hydroxyl groups excluding tert-OH is 1. The molecular weight excluding hydrogens is 622 g/mol. The lowest BCUT2D eigenvalue weighted by molar-refractivity contribution is -0.129. The molecule has 0 unspecified atom stereocenters. The van der Waals surface area contributed by atoms with Gasteiger partial charge in [0.25, 0.3) is 0 Å². The number of ketones is 1. The summed E-state index contributed by atoms with van der Waals surface area (Å²) in [6.07, 6.45) is 4.05. The molecule has 264 valence electrons. The molecule has 3 aliphatic heterocycles. The second kappa shape index (κ2) is 15.7. The molecule has 0 radical (unpaired) electrons. The summed E-state index contributed by atoms with van der Waals surface area (Å²) in [6.45, 7) is 13.1. The van der Waals surface area contributed by atoms with Gasteiger partial charge in [-0.15, -0.1) is 0 Å². The van der Waals surface area contributed by atoms with E-state index in [2.05, 4.69) is 45.0 Å². The molecule has 1 aromatic carbocycles. The summed E-state index contributed by atoms with van der Waals surface area (Å²) in [7, 11) is 2.12. The van der Waals surface area contributed by atoms with Gasteiger partial charge in [-0.05, 0) is 81.5 Å². The van der Waals surface area contributed by atoms with Crippen molar-refractivity contribution in [1.82, 2.24) is 24.7 Å². The van der Waals surface area contributed by atoms with Crippen LogP contribution in [0.25, 0.3) is 0 Å². The second-order valence-corrected chi connectivity index (χ2v) is 13.9. The third kappa shape index (κ3) is 8.78. The Labute approximate surface area is 289 Å². The number of piperidine rings is 1. The Morgan fingerprint density at radius 2 is 1.86 bits per heavy atom. The highest BCUT2D eigenvalue weighted by Crippen LogP contribution is 2.30. The molecule has 12 nitrogen and oxygen atoms in total. The Morgan fingerprint density at radius 3 is 2.57 bits per heavy atom. The highest BCUT2D eigenvalue weighted by molar-refractivity contribution is 5.97. The molecule has 1 atom stereocenters. The number of nitrogens with one attached hydrogen (secondary N) is 1. The van der Waals surface area contributed by atoms with Gasteiger partial charge < -0.3 is 34.3 Å². The van der Waals surface area contributed by atoms with Crippen molar-refractivity contribution < 1.29 is 23.8 Å². The largest absolute Gasteiger partial charge is 0.485 e. The molecule has 3 aromatic rings. The van der Waals surface area contributed by atoms with E-state index < -0.39 is 6.10 Å². The number of ether oxygens (including phenoxy) is 1. The van der Waals surface area contributed by atoms with Gasteiger partial charge >= 0.3 is 0 Å². The molecule has 2 N–H and O–H groups in total. The molecule has 6 rings (SSSR count). The quantitative estimate of drug-likeness (QED) is 0.273. The van der Waals surface area contributed by atoms with Crippen LogP contribution in [-0.4, -0.2) is 113 Å². The minimum absolute atomic E-state index is 0.0129. The topological polar surface area (TPSA) is 128 Å². The summed E-state index contributed by atoms with van der Waals surface area (Å²) in [5.41, 5.74) is 5.15. The van der Waals surface area contributed by atoms with Gasteiger partial charge in [-0.2, -0.15) is 0 Å². The number of fused-ring (bicyclic) bond motifs is 1. The van der Waals surface area contributed by atoms with E-state index in [1.165, 1.54) is 17.5 Å². The summed E-state index contributed by atoms with van der Waals surface area (Å²) < 4.78 is 11.5. The molecule has 0 spiro atoms. The number of benzene rings is 1. The zero-order valence-corrected chi connectivity index (χ0v) is 29.4. The number of likely N-dealkylation sites (N-methyl/N-ethyl adjacent to an activating group) is 1. The summed E-state index contributed by atoms with van der Waals surface area (Å²) in [5, 5.41) is 14.6. The molecular formula is C37H51N7O5. The molecule has 5 heterocycles. The number of carbonyl (C=O) groups excluding carboxylic acids is 2. The minimum atomic E-state index is -0.609. The Hall–Kier alpha value is -4.00. The molecule has 2 fully saturated rings. The number of piperazine rings is 1. The summed E-state index contributed by atoms with van der Waals surface area (Å²) >= 11 is 0. The average molecular weight is 674 g/mol. The smallest absolute Gasteiger partial charge is 0.219 e. The molecule has 2 aromatic heterocycles. The van der Waals surface area contributed by atoms with Crippen LogP contribution in [0.15, 0.2) is 35.1 Å². The highest BCUT2D eigenvalue weighted by atomic mass is 16.5. The third-order valence-corrected chi connectivity index (χ3v) is 10.3. The van der Waals surface area contributed by atoms with Gasteiger partial charge in [-0.1, -0.05) is 6.07 Å². The predicted molar refractivity (Wildman–Crippen MR) is 188 cm³/mol. The lowest BCUT2D eigenvalue weighted by atomic mass is 9.94. The van der Waals surface area contributed by atoms with E-state index >= 15 is 0 Å². The van der Waals surface area contributed by atoms with Crippen LogP contribution in [0.4, 0.5) is 11.6 Å². The number of aryl methyl sites for hydroxylation is 1. The maximum atomic E-state index is 13.6. The number of likely N-dealkylation sites (tertiary alicyclic amines) is 1. The highest BCUT2D eigenvalue weighted by Gasteiger charge is 2.25. The van der Waals surface area contributed by atoms with E-state index in [1.54, 1.807) is 6.92 Å². The summed E-state index contributed by atoms with van der Waals surface area (Å²) in [5.74, 6) is 3.22. The summed E-state index contributed by atoms with van der Waals surface area (Å²) in [4.78, 5) is 43.2. The number of aromatic nitrogens is 2. The van der Waals surface area contributed by atoms with Crippen LogP contribution in [0.5, 0.6) is 5.75 Å². The van der Waals surface area contributed by atoms with Crippen molar-refractivity contribution >= 4 is 23.3 Å². The number of anilines is 2. The maximum absolute atomic E-state index is 13.6. The first-order valence-corrected chi connectivity index (χ1v) is 17.7. The number of nitrogens with zero attached hydrogens (tertiary/aromatic N) is 6. The Balaban J connectivity index is 1.04. The van der Waals surface area contributed by atoms with Gasteiger partial charge in [-0.3, -0.25) is 14.5 Å². The molecule has 49 heavy (non-hydrogen) atoms. The van der Waals surface area contributed by atoms with Crippen LogP contribution in [0.3, 0.4) is 0 Å². The standard InChI is InChI=1S/C37H51N7O5/c1-25-32-11-12-42(21-28(32)5-8-34(25)48-23-35-26(2)38-24-49-35)22-31(46)6-7-33(47)29-19-36(39-30-9-13-43(14-10-30)27(3)45)40-37(20-29)44-17-15-41(4)16-18-44/h5,8,19-20,24,30-31,46H,6-7,9-18,21-23H2,1-4H3,(H,39,40)/t31-/m0/s1. The van der Waals surface area contributed by atoms with Crippen LogP contribution in [0.2, 0.25) is 0 Å². The number of oxazole rings is 1. The number of amides is 1. The number of rotatable bonds is 12. The van der Waals surface area contributed by atoms with Crippen molar-refractivity contribution in [3.05, 3.63) is 64.4 Å². The van der Waals surface area contributed by atoms with E-state index in [9.17, 15) is 14.7 Å².